The third kappa shape index (κ3) is 11.2. The van der Waals surface area contributed by atoms with Crippen LogP contribution in [0.2, 0.25) is 0 Å². The fourth-order valence-electron chi connectivity index (χ4n) is 15.6. The molecule has 102 heavy (non-hydrogen) atoms. The van der Waals surface area contributed by atoms with Crippen molar-refractivity contribution in [2.75, 3.05) is 0 Å². The van der Waals surface area contributed by atoms with E-state index in [0.29, 0.717) is 0 Å². The molecule has 16 aromatic rings. The number of aromatic nitrogens is 4. The van der Waals surface area contributed by atoms with Crippen molar-refractivity contribution in [1.29, 1.82) is 0 Å². The van der Waals surface area contributed by atoms with E-state index in [4.69, 9.17) is 19.9 Å². The molecular weight excluding hydrogens is 1230 g/mol. The second-order valence-electron chi connectivity index (χ2n) is 28.1. The van der Waals surface area contributed by atoms with Gasteiger partial charge in [-0.2, -0.15) is 0 Å². The molecule has 0 bridgehead atoms. The molecule has 0 spiro atoms. The number of pyridine rings is 4. The molecule has 0 saturated carbocycles. The van der Waals surface area contributed by atoms with Crippen molar-refractivity contribution in [2.45, 2.75) is 38.5 Å². The summed E-state index contributed by atoms with van der Waals surface area (Å²) < 4.78 is 0. The summed E-state index contributed by atoms with van der Waals surface area (Å²) in [5, 5.41) is 0. The van der Waals surface area contributed by atoms with E-state index in [-0.39, 0.29) is 10.8 Å². The van der Waals surface area contributed by atoms with Crippen molar-refractivity contribution in [3.05, 3.63) is 374 Å². The van der Waals surface area contributed by atoms with Crippen LogP contribution in [0.4, 0.5) is 0 Å². The lowest BCUT2D eigenvalue weighted by Gasteiger charge is -2.22. The van der Waals surface area contributed by atoms with Gasteiger partial charge in [0.15, 0.2) is 0 Å². The summed E-state index contributed by atoms with van der Waals surface area (Å²) in [4.78, 5) is 20.4. The van der Waals surface area contributed by atoms with Crippen molar-refractivity contribution in [3.8, 4) is 168 Å². The van der Waals surface area contributed by atoms with Gasteiger partial charge in [-0.3, -0.25) is 9.97 Å². The molecule has 0 fully saturated rings. The number of fused-ring (bicyclic) bond motifs is 6. The van der Waals surface area contributed by atoms with Gasteiger partial charge in [0.2, 0.25) is 0 Å². The Labute approximate surface area is 596 Å². The molecule has 0 amide bonds. The molecule has 2 aliphatic carbocycles. The van der Waals surface area contributed by atoms with Crippen molar-refractivity contribution in [1.82, 2.24) is 19.9 Å². The van der Waals surface area contributed by atoms with Crippen molar-refractivity contribution >= 4 is 0 Å². The van der Waals surface area contributed by atoms with Crippen LogP contribution >= 0.6 is 0 Å². The maximum Gasteiger partial charge on any atom is 0.0709 e. The van der Waals surface area contributed by atoms with Gasteiger partial charge in [0.05, 0.1) is 34.2 Å². The first-order valence-electron chi connectivity index (χ1n) is 35.2. The molecule has 0 N–H and O–H groups in total. The maximum absolute atomic E-state index is 5.31. The zero-order valence-corrected chi connectivity index (χ0v) is 57.3. The van der Waals surface area contributed by atoms with Gasteiger partial charge in [0.1, 0.15) is 0 Å². The highest BCUT2D eigenvalue weighted by molar-refractivity contribution is 5.90. The van der Waals surface area contributed by atoms with Gasteiger partial charge in [-0.15, -0.1) is 0 Å². The van der Waals surface area contributed by atoms with Gasteiger partial charge in [0.25, 0.3) is 0 Å². The van der Waals surface area contributed by atoms with Crippen molar-refractivity contribution < 1.29 is 0 Å². The molecule has 482 valence electrons. The average molecular weight is 1300 g/mol. The number of benzene rings is 12. The van der Waals surface area contributed by atoms with E-state index in [1.165, 1.54) is 89.0 Å². The SMILES string of the molecule is CC1(C)c2cc(-c3cc(-c4ccc(-c5ccccc5)cc4)ccn3)ccc2-c2ccc(-c3cc(-c4ccc(-c5ccccc5-c5cccc(-c6ccc(-c7cccc(-c8ccc9c(c8)C(C)(C)c8cc(-c%10cccc(-c%11ccc(-c%12ccccc%12)cc%11)n%10)ccc8-9)n7)cc6)c5)cc4)ccn3)cc21. The van der Waals surface area contributed by atoms with Crippen LogP contribution < -0.4 is 0 Å². The van der Waals surface area contributed by atoms with Crippen LogP contribution in [-0.4, -0.2) is 19.9 Å². The summed E-state index contributed by atoms with van der Waals surface area (Å²) in [6, 6.07) is 123. The summed E-state index contributed by atoms with van der Waals surface area (Å²) in [6.07, 6.45) is 3.87. The van der Waals surface area contributed by atoms with E-state index < -0.39 is 0 Å². The van der Waals surface area contributed by atoms with Crippen LogP contribution in [0, 0.1) is 0 Å². The minimum atomic E-state index is -0.231. The standard InChI is InChI=1S/C98H70N4/c1-97(2)87-57-77(93-26-14-24-91(101-93)71-40-34-66(35-41-71)64-18-9-6-10-19-64)44-48-83(87)84-49-45-78(58-88(84)97)94-27-15-25-92(102-94)72-42-36-67(37-43-72)73-20-13-21-76(56-73)82-23-12-11-22-81(82)70-38-32-69(33-39-70)75-53-55-100-96(62-75)80-47-51-86-85-50-46-79(59-89(85)98(3,4)90(86)60-80)95-61-74(52-54-99-95)68-30-28-65(29-31-68)63-16-7-5-8-17-63/h5-62H,1-4H3. The van der Waals surface area contributed by atoms with Gasteiger partial charge < -0.3 is 0 Å². The normalized spacial score (nSPS) is 12.9. The fourth-order valence-corrected chi connectivity index (χ4v) is 15.6. The first kappa shape index (κ1) is 61.6. The summed E-state index contributed by atoms with van der Waals surface area (Å²) in [6.45, 7) is 9.38. The van der Waals surface area contributed by atoms with Crippen LogP contribution in [-0.2, 0) is 10.8 Å². The third-order valence-electron chi connectivity index (χ3n) is 21.3. The Hall–Kier alpha value is -12.8. The molecule has 18 rings (SSSR count). The fraction of sp³-hybridized carbons (Fsp3) is 0.0612. The zero-order valence-electron chi connectivity index (χ0n) is 57.3. The molecule has 0 atom stereocenters. The largest absolute Gasteiger partial charge is 0.256 e. The van der Waals surface area contributed by atoms with Gasteiger partial charge in [-0.25, -0.2) is 9.97 Å². The lowest BCUT2D eigenvalue weighted by Crippen LogP contribution is -2.15. The molecule has 0 saturated heterocycles. The second-order valence-corrected chi connectivity index (χ2v) is 28.1. The lowest BCUT2D eigenvalue weighted by atomic mass is 9.81. The van der Waals surface area contributed by atoms with E-state index in [1.54, 1.807) is 0 Å². The van der Waals surface area contributed by atoms with Crippen molar-refractivity contribution in [2.24, 2.45) is 0 Å². The summed E-state index contributed by atoms with van der Waals surface area (Å²) >= 11 is 0. The van der Waals surface area contributed by atoms with Crippen molar-refractivity contribution in [3.63, 3.8) is 0 Å². The van der Waals surface area contributed by atoms with E-state index in [9.17, 15) is 0 Å². The van der Waals surface area contributed by atoms with Crippen LogP contribution in [0.1, 0.15) is 49.9 Å². The van der Waals surface area contributed by atoms with E-state index in [2.05, 4.69) is 367 Å². The molecule has 0 aliphatic heterocycles. The first-order valence-corrected chi connectivity index (χ1v) is 35.2. The van der Waals surface area contributed by atoms with E-state index in [1.807, 2.05) is 12.4 Å². The Morgan fingerprint density at radius 1 is 0.167 bits per heavy atom. The Balaban J connectivity index is 0.546. The molecule has 4 nitrogen and oxygen atoms in total. The highest BCUT2D eigenvalue weighted by Gasteiger charge is 2.38. The molecule has 2 aliphatic rings. The Kier molecular flexibility index (Phi) is 15.2. The Morgan fingerprint density at radius 3 is 0.824 bits per heavy atom. The quantitative estimate of drug-likeness (QED) is 0.115. The van der Waals surface area contributed by atoms with Gasteiger partial charge >= 0.3 is 0 Å². The monoisotopic (exact) mass is 1300 g/mol. The highest BCUT2D eigenvalue weighted by atomic mass is 14.7. The van der Waals surface area contributed by atoms with Crippen LogP contribution in [0.5, 0.6) is 0 Å². The molecule has 4 heteroatoms. The molecule has 4 heterocycles. The predicted octanol–water partition coefficient (Wildman–Crippen LogP) is 25.6. The topological polar surface area (TPSA) is 51.6 Å². The minimum Gasteiger partial charge on any atom is -0.256 e. The van der Waals surface area contributed by atoms with Gasteiger partial charge in [-0.05, 0) is 201 Å². The number of nitrogens with zero attached hydrogens (tertiary/aromatic N) is 4. The lowest BCUT2D eigenvalue weighted by molar-refractivity contribution is 0.660. The van der Waals surface area contributed by atoms with Crippen LogP contribution in [0.25, 0.3) is 168 Å². The van der Waals surface area contributed by atoms with Gasteiger partial charge in [0, 0.05) is 56.6 Å². The molecule has 0 radical (unpaired) electrons. The highest BCUT2D eigenvalue weighted by Crippen LogP contribution is 2.53. The summed E-state index contributed by atoms with van der Waals surface area (Å²) in [7, 11) is 0. The molecule has 12 aromatic carbocycles. The molecule has 0 unspecified atom stereocenters. The minimum absolute atomic E-state index is 0.229. The summed E-state index contributed by atoms with van der Waals surface area (Å²) in [5.41, 5.74) is 38.6. The number of hydrogen-bond donors (Lipinski definition) is 0. The second kappa shape index (κ2) is 25.2. The first-order chi connectivity index (χ1) is 50.0. The number of rotatable bonds is 13. The van der Waals surface area contributed by atoms with E-state index >= 15 is 0 Å². The maximum atomic E-state index is 5.31. The Morgan fingerprint density at radius 2 is 0.431 bits per heavy atom. The van der Waals surface area contributed by atoms with Crippen LogP contribution in [0.15, 0.2) is 352 Å². The van der Waals surface area contributed by atoms with Crippen LogP contribution in [0.3, 0.4) is 0 Å². The smallest absolute Gasteiger partial charge is 0.0709 e. The zero-order chi connectivity index (χ0) is 68.5. The predicted molar refractivity (Wildman–Crippen MR) is 423 cm³/mol. The molecular formula is C98H70N4. The molecule has 4 aromatic heterocycles. The average Bonchev–Trinajstić information content (AvgIpc) is 1.58. The summed E-state index contributed by atoms with van der Waals surface area (Å²) in [5.74, 6) is 0. The van der Waals surface area contributed by atoms with Gasteiger partial charge in [-0.1, -0.05) is 289 Å². The van der Waals surface area contributed by atoms with E-state index in [0.717, 1.165) is 101 Å². The third-order valence-corrected chi connectivity index (χ3v) is 21.3. The Bertz CT molecular complexity index is 5890. The number of hydrogen-bond acceptors (Lipinski definition) is 4.